The molecule has 48 heavy (non-hydrogen) atoms. The van der Waals surface area contributed by atoms with Crippen molar-refractivity contribution in [2.24, 2.45) is 0 Å². The van der Waals surface area contributed by atoms with Gasteiger partial charge in [0.05, 0.1) is 23.7 Å². The van der Waals surface area contributed by atoms with Crippen LogP contribution < -0.4 is 14.2 Å². The van der Waals surface area contributed by atoms with Gasteiger partial charge >= 0.3 is 17.8 Å². The smallest absolute Gasteiger partial charge is 0.382 e. The summed E-state index contributed by atoms with van der Waals surface area (Å²) in [5.74, 6) is -13.1. The zero-order valence-electron chi connectivity index (χ0n) is 24.7. The van der Waals surface area contributed by atoms with Gasteiger partial charge in [0.25, 0.3) is 0 Å². The fraction of sp³-hybridized carbons (Fsp3) is 0.278. The molecule has 1 fully saturated rings. The molecular weight excluding hydrogens is 815 g/mol. The fourth-order valence-electron chi connectivity index (χ4n) is 7.37. The molecule has 0 amide bonds. The molecule has 4 heterocycles. The molecule has 2 aliphatic heterocycles. The molecule has 247 valence electrons. The number of ether oxygens (including phenoxy) is 3. The fourth-order valence-corrected chi connectivity index (χ4v) is 7.37. The number of rotatable bonds is 0. The van der Waals surface area contributed by atoms with Crippen molar-refractivity contribution in [3.63, 3.8) is 0 Å². The molecule has 6 aromatic rings. The molecule has 0 bridgehead atoms. The van der Waals surface area contributed by atoms with Crippen molar-refractivity contribution in [2.45, 2.75) is 48.9 Å². The molecule has 0 unspecified atom stereocenters. The second kappa shape index (κ2) is 10.4. The summed E-state index contributed by atoms with van der Waals surface area (Å²) in [5.41, 5.74) is -0.647. The summed E-state index contributed by atoms with van der Waals surface area (Å²) in [4.78, 5) is 8.30. The second-order valence-electron chi connectivity index (χ2n) is 12.5. The number of hydrogen-bond acceptors (Lipinski definition) is 5. The molecule has 12 heteroatoms. The molecule has 4 aliphatic rings. The van der Waals surface area contributed by atoms with Crippen LogP contribution in [0.3, 0.4) is 0 Å². The van der Waals surface area contributed by atoms with Gasteiger partial charge in [0, 0.05) is 42.7 Å². The molecule has 10 rings (SSSR count). The van der Waals surface area contributed by atoms with Crippen LogP contribution in [-0.2, 0) is 37.4 Å². The first kappa shape index (κ1) is 31.1. The van der Waals surface area contributed by atoms with E-state index in [0.717, 1.165) is 39.8 Å². The average Bonchev–Trinajstić information content (AvgIpc) is 3.85. The molecule has 5 nitrogen and oxygen atoms in total. The second-order valence-corrected chi connectivity index (χ2v) is 12.5. The summed E-state index contributed by atoms with van der Waals surface area (Å²) < 4.78 is 99.4. The van der Waals surface area contributed by atoms with Gasteiger partial charge in [-0.1, -0.05) is 55.3 Å². The van der Waals surface area contributed by atoms with Crippen LogP contribution >= 0.6 is 0 Å². The molecule has 0 N–H and O–H groups in total. The maximum Gasteiger partial charge on any atom is 0.382 e. The Kier molecular flexibility index (Phi) is 6.76. The van der Waals surface area contributed by atoms with Gasteiger partial charge in [0.2, 0.25) is 6.79 Å². The molecule has 1 spiro atoms. The van der Waals surface area contributed by atoms with Crippen LogP contribution in [-0.4, -0.2) is 29.3 Å². The first-order valence-corrected chi connectivity index (χ1v) is 15.1. The Labute approximate surface area is 282 Å². The van der Waals surface area contributed by atoms with E-state index < -0.39 is 29.0 Å². The third-order valence-electron chi connectivity index (χ3n) is 9.86. The topological polar surface area (TPSA) is 53.5 Å². The number of hydrogen-bond donors (Lipinski definition) is 0. The first-order valence-electron chi connectivity index (χ1n) is 15.1. The Bertz CT molecular complexity index is 2310. The number of halogens is 6. The van der Waals surface area contributed by atoms with Gasteiger partial charge < -0.3 is 19.2 Å². The number of benzene rings is 4. The van der Waals surface area contributed by atoms with Crippen molar-refractivity contribution >= 4 is 43.4 Å². The van der Waals surface area contributed by atoms with E-state index in [1.54, 1.807) is 18.2 Å². The number of alkyl halides is 6. The average molecular weight is 837 g/mol. The van der Waals surface area contributed by atoms with Crippen molar-refractivity contribution < 1.29 is 60.7 Å². The Morgan fingerprint density at radius 1 is 0.750 bits per heavy atom. The third kappa shape index (κ3) is 4.08. The minimum atomic E-state index is -5.52. The molecule has 4 aromatic carbocycles. The van der Waals surface area contributed by atoms with Crippen LogP contribution in [0.4, 0.5) is 26.3 Å². The summed E-state index contributed by atoms with van der Waals surface area (Å²) >= 11 is 0. The Morgan fingerprint density at radius 3 is 2.33 bits per heavy atom. The molecule has 2 aromatic heterocycles. The minimum absolute atomic E-state index is 0. The van der Waals surface area contributed by atoms with Crippen molar-refractivity contribution in [1.82, 2.24) is 9.97 Å². The number of pyridine rings is 2. The quantitative estimate of drug-likeness (QED) is 0.0869. The summed E-state index contributed by atoms with van der Waals surface area (Å²) in [7, 11) is 0. The standard InChI is InChI=1S/C20H16NO3.C16H6F6N.Ir/c1-2-6-20(5-1)10-22-19-13-4-3-12-7-16-17(24-11-23-16)8-14(12)18(13)21-9-15(19)20;17-14(18)11-7-9-6-5-8-3-1-2-4-10(8)12(9)23-13(11)15(19,20)16(14,21)22;/h3-4,7,9H,1-2,5-6,10-11H2;1-3,5-7H;/q2*-1;. The van der Waals surface area contributed by atoms with Crippen molar-refractivity contribution in [3.05, 3.63) is 89.7 Å². The molecule has 0 saturated heterocycles. The van der Waals surface area contributed by atoms with Gasteiger partial charge in [0.15, 0.2) is 0 Å². The zero-order chi connectivity index (χ0) is 32.3. The predicted octanol–water partition coefficient (Wildman–Crippen LogP) is 9.14. The molecule has 0 atom stereocenters. The van der Waals surface area contributed by atoms with Gasteiger partial charge in [-0.3, -0.25) is 4.98 Å². The van der Waals surface area contributed by atoms with Gasteiger partial charge in [-0.05, 0) is 29.3 Å². The van der Waals surface area contributed by atoms with Crippen LogP contribution in [0.1, 0.15) is 42.5 Å². The van der Waals surface area contributed by atoms with Gasteiger partial charge in [0.1, 0.15) is 11.4 Å². The van der Waals surface area contributed by atoms with Gasteiger partial charge in [-0.25, -0.2) is 0 Å². The van der Waals surface area contributed by atoms with Crippen LogP contribution in [0.25, 0.3) is 43.4 Å². The number of fused-ring (bicyclic) bond motifs is 11. The summed E-state index contributed by atoms with van der Waals surface area (Å²) in [6.45, 7) is 1.06. The summed E-state index contributed by atoms with van der Waals surface area (Å²) in [6.07, 6.45) is 7.04. The Balaban J connectivity index is 0.000000137. The Morgan fingerprint density at radius 2 is 1.52 bits per heavy atom. The number of nitrogens with zero attached hydrogens (tertiary/aromatic N) is 2. The maximum atomic E-state index is 13.8. The van der Waals surface area contributed by atoms with Crippen LogP contribution in [0.15, 0.2) is 60.8 Å². The molecule has 1 radical (unpaired) electrons. The first-order chi connectivity index (χ1) is 22.5. The summed E-state index contributed by atoms with van der Waals surface area (Å²) in [6, 6.07) is 20.7. The van der Waals surface area contributed by atoms with E-state index >= 15 is 0 Å². The van der Waals surface area contributed by atoms with E-state index in [9.17, 15) is 26.3 Å². The molecule has 2 aliphatic carbocycles. The SMILES string of the molecule is FC1(F)c2cc3ccc4ccc[c-]c4c3nc2C(F)(F)C1(F)F.[Ir].[c-]1c2c(cc3ccc4c5c(cnc4c13)C1(CCCC1)CO5)OCO2. The van der Waals surface area contributed by atoms with Crippen LogP contribution in [0.2, 0.25) is 0 Å². The van der Waals surface area contributed by atoms with E-state index in [1.165, 1.54) is 43.4 Å². The summed E-state index contributed by atoms with van der Waals surface area (Å²) in [5, 5.41) is 4.09. The van der Waals surface area contributed by atoms with Gasteiger partial charge in [-0.15, -0.1) is 45.8 Å². The van der Waals surface area contributed by atoms with Crippen molar-refractivity contribution in [3.8, 4) is 17.2 Å². The molecule has 1 saturated carbocycles. The minimum Gasteiger partial charge on any atom is -0.500 e. The van der Waals surface area contributed by atoms with Gasteiger partial charge in [-0.2, -0.15) is 26.3 Å². The van der Waals surface area contributed by atoms with Crippen LogP contribution in [0.5, 0.6) is 17.2 Å². The normalized spacial score (nSPS) is 20.0. The molecular formula is C36H22F6IrN2O3-2. The van der Waals surface area contributed by atoms with Crippen molar-refractivity contribution in [2.75, 3.05) is 13.4 Å². The maximum absolute atomic E-state index is 13.8. The predicted molar refractivity (Wildman–Crippen MR) is 161 cm³/mol. The third-order valence-corrected chi connectivity index (χ3v) is 9.86. The van der Waals surface area contributed by atoms with Crippen molar-refractivity contribution in [1.29, 1.82) is 0 Å². The zero-order valence-corrected chi connectivity index (χ0v) is 27.1. The number of aromatic nitrogens is 2. The van der Waals surface area contributed by atoms with E-state index in [-0.39, 0.29) is 43.2 Å². The van der Waals surface area contributed by atoms with E-state index in [4.69, 9.17) is 19.2 Å². The van der Waals surface area contributed by atoms with E-state index in [1.807, 2.05) is 12.3 Å². The van der Waals surface area contributed by atoms with E-state index in [0.29, 0.717) is 22.6 Å². The van der Waals surface area contributed by atoms with E-state index in [2.05, 4.69) is 29.2 Å². The largest absolute Gasteiger partial charge is 0.500 e. The monoisotopic (exact) mass is 837 g/mol. The Hall–Kier alpha value is -4.15. The van der Waals surface area contributed by atoms with Crippen LogP contribution in [0, 0.1) is 12.1 Å².